The minimum absolute atomic E-state index is 0.171. The van der Waals surface area contributed by atoms with E-state index in [0.717, 1.165) is 40.5 Å². The van der Waals surface area contributed by atoms with Crippen molar-refractivity contribution in [1.29, 1.82) is 0 Å². The molecular weight excluding hydrogens is 356 g/mol. The molecule has 0 amide bonds. The maximum Gasteiger partial charge on any atom is 0.166 e. The normalized spacial score (nSPS) is 16.0. The second kappa shape index (κ2) is 5.71. The highest BCUT2D eigenvalue weighted by Gasteiger charge is 2.52. The van der Waals surface area contributed by atoms with Crippen molar-refractivity contribution < 1.29 is 5.11 Å². The number of thiazole rings is 1. The Hall–Kier alpha value is -2.57. The Bertz CT molecular complexity index is 1120. The summed E-state index contributed by atoms with van der Waals surface area (Å²) in [6, 6.07) is 14.1. The molecule has 5 rings (SSSR count). The van der Waals surface area contributed by atoms with Crippen molar-refractivity contribution in [2.24, 2.45) is 0 Å². The maximum absolute atomic E-state index is 10.5. The third-order valence-corrected chi connectivity index (χ3v) is 6.30. The lowest BCUT2D eigenvalue weighted by Gasteiger charge is -2.18. The molecule has 1 aromatic carbocycles. The number of nitrogens with zero attached hydrogens (tertiary/aromatic N) is 4. The predicted octanol–water partition coefficient (Wildman–Crippen LogP) is 4.16. The minimum atomic E-state index is -0.967. The molecule has 3 heterocycles. The molecular formula is C21H20N4OS. The van der Waals surface area contributed by atoms with E-state index in [1.165, 1.54) is 0 Å². The summed E-state index contributed by atoms with van der Waals surface area (Å²) < 4.78 is 2.02. The molecule has 0 atom stereocenters. The molecule has 1 saturated carbocycles. The molecule has 0 spiro atoms. The molecule has 6 heteroatoms. The highest BCUT2D eigenvalue weighted by Crippen LogP contribution is 2.54. The van der Waals surface area contributed by atoms with Gasteiger partial charge in [-0.15, -0.1) is 21.5 Å². The second-order valence-corrected chi connectivity index (χ2v) is 8.54. The van der Waals surface area contributed by atoms with Gasteiger partial charge in [0.25, 0.3) is 0 Å². The Morgan fingerprint density at radius 3 is 2.56 bits per heavy atom. The van der Waals surface area contributed by atoms with Crippen LogP contribution in [0.25, 0.3) is 16.9 Å². The van der Waals surface area contributed by atoms with Crippen molar-refractivity contribution in [3.63, 3.8) is 0 Å². The molecule has 4 aromatic rings. The Kier molecular flexibility index (Phi) is 3.51. The predicted molar refractivity (Wildman–Crippen MR) is 106 cm³/mol. The Morgan fingerprint density at radius 1 is 1.07 bits per heavy atom. The molecule has 27 heavy (non-hydrogen) atoms. The lowest BCUT2D eigenvalue weighted by Crippen LogP contribution is -2.18. The zero-order valence-electron chi connectivity index (χ0n) is 15.3. The van der Waals surface area contributed by atoms with E-state index >= 15 is 0 Å². The van der Waals surface area contributed by atoms with Gasteiger partial charge in [-0.25, -0.2) is 4.98 Å². The van der Waals surface area contributed by atoms with E-state index in [4.69, 9.17) is 4.98 Å². The Labute approximate surface area is 161 Å². The van der Waals surface area contributed by atoms with E-state index in [1.54, 1.807) is 25.2 Å². The van der Waals surface area contributed by atoms with Crippen LogP contribution in [0.2, 0.25) is 0 Å². The molecule has 0 bridgehead atoms. The highest BCUT2D eigenvalue weighted by molar-refractivity contribution is 7.10. The number of fused-ring (bicyclic) bond motifs is 1. The van der Waals surface area contributed by atoms with Crippen LogP contribution in [0.3, 0.4) is 0 Å². The molecule has 5 nitrogen and oxygen atoms in total. The van der Waals surface area contributed by atoms with Crippen LogP contribution in [0.15, 0.2) is 54.0 Å². The summed E-state index contributed by atoms with van der Waals surface area (Å²) in [6.07, 6.45) is 4.01. The average molecular weight is 376 g/mol. The van der Waals surface area contributed by atoms with Crippen LogP contribution in [-0.2, 0) is 11.0 Å². The molecule has 0 radical (unpaired) electrons. The summed E-state index contributed by atoms with van der Waals surface area (Å²) >= 11 is 1.69. The fourth-order valence-corrected chi connectivity index (χ4v) is 4.70. The highest BCUT2D eigenvalue weighted by atomic mass is 32.1. The molecule has 0 unspecified atom stereocenters. The molecule has 0 aliphatic heterocycles. The Morgan fingerprint density at radius 2 is 1.85 bits per heavy atom. The van der Waals surface area contributed by atoms with Crippen LogP contribution in [0.4, 0.5) is 0 Å². The first-order chi connectivity index (χ1) is 13.0. The minimum Gasteiger partial charge on any atom is -0.386 e. The summed E-state index contributed by atoms with van der Waals surface area (Å²) in [5.41, 5.74) is 2.49. The van der Waals surface area contributed by atoms with Gasteiger partial charge in [0.2, 0.25) is 0 Å². The number of pyridine rings is 1. The van der Waals surface area contributed by atoms with Crippen LogP contribution in [0.1, 0.15) is 43.1 Å². The second-order valence-electron chi connectivity index (χ2n) is 7.68. The smallest absolute Gasteiger partial charge is 0.166 e. The standard InChI is InChI=1S/C21H20N4OS/c1-20(2,26)15-9-6-12-25-17(15)23-24-18(25)21(10-11-21)19-22-16(13-27-19)14-7-4-3-5-8-14/h3-9,12-13,26H,10-11H2,1-2H3. The van der Waals surface area contributed by atoms with Gasteiger partial charge in [-0.3, -0.25) is 4.40 Å². The number of rotatable bonds is 4. The Balaban J connectivity index is 1.60. The van der Waals surface area contributed by atoms with E-state index in [1.807, 2.05) is 40.9 Å². The molecule has 0 saturated heterocycles. The van der Waals surface area contributed by atoms with E-state index in [2.05, 4.69) is 27.7 Å². The van der Waals surface area contributed by atoms with Crippen LogP contribution in [-0.4, -0.2) is 24.7 Å². The van der Waals surface area contributed by atoms with Gasteiger partial charge in [0.1, 0.15) is 5.01 Å². The number of aromatic nitrogens is 4. The third kappa shape index (κ3) is 2.59. The van der Waals surface area contributed by atoms with Gasteiger partial charge in [0.15, 0.2) is 11.5 Å². The van der Waals surface area contributed by atoms with E-state index < -0.39 is 5.60 Å². The number of hydrogen-bond acceptors (Lipinski definition) is 5. The fourth-order valence-electron chi connectivity index (χ4n) is 3.61. The summed E-state index contributed by atoms with van der Waals surface area (Å²) in [5.74, 6) is 0.914. The lowest BCUT2D eigenvalue weighted by molar-refractivity contribution is 0.0796. The van der Waals surface area contributed by atoms with Gasteiger partial charge in [-0.2, -0.15) is 0 Å². The lowest BCUT2D eigenvalue weighted by atomic mass is 9.99. The van der Waals surface area contributed by atoms with Gasteiger partial charge in [-0.1, -0.05) is 36.4 Å². The van der Waals surface area contributed by atoms with E-state index in [0.29, 0.717) is 5.65 Å². The number of aliphatic hydroxyl groups is 1. The fraction of sp³-hybridized carbons (Fsp3) is 0.286. The van der Waals surface area contributed by atoms with Crippen molar-refractivity contribution in [3.05, 3.63) is 70.4 Å². The monoisotopic (exact) mass is 376 g/mol. The molecule has 1 aliphatic rings. The summed E-state index contributed by atoms with van der Waals surface area (Å²) in [4.78, 5) is 4.94. The van der Waals surface area contributed by atoms with Crippen molar-refractivity contribution in [2.45, 2.75) is 37.7 Å². The van der Waals surface area contributed by atoms with Crippen LogP contribution in [0, 0.1) is 0 Å². The van der Waals surface area contributed by atoms with Crippen molar-refractivity contribution in [1.82, 2.24) is 19.6 Å². The maximum atomic E-state index is 10.5. The van der Waals surface area contributed by atoms with Gasteiger partial charge >= 0.3 is 0 Å². The van der Waals surface area contributed by atoms with Gasteiger partial charge in [-0.05, 0) is 32.8 Å². The summed E-state index contributed by atoms with van der Waals surface area (Å²) in [5, 5.41) is 22.6. The van der Waals surface area contributed by atoms with Crippen molar-refractivity contribution in [3.8, 4) is 11.3 Å². The molecule has 1 fully saturated rings. The zero-order chi connectivity index (χ0) is 18.6. The molecule has 1 N–H and O–H groups in total. The summed E-state index contributed by atoms with van der Waals surface area (Å²) in [7, 11) is 0. The largest absolute Gasteiger partial charge is 0.386 e. The van der Waals surface area contributed by atoms with E-state index in [9.17, 15) is 5.11 Å². The van der Waals surface area contributed by atoms with Crippen molar-refractivity contribution >= 4 is 17.0 Å². The van der Waals surface area contributed by atoms with Crippen molar-refractivity contribution in [2.75, 3.05) is 0 Å². The molecule has 3 aromatic heterocycles. The van der Waals surface area contributed by atoms with Crippen LogP contribution >= 0.6 is 11.3 Å². The van der Waals surface area contributed by atoms with E-state index in [-0.39, 0.29) is 5.41 Å². The molecule has 136 valence electrons. The first kappa shape index (κ1) is 16.6. The van der Waals surface area contributed by atoms with Gasteiger partial charge in [0, 0.05) is 22.7 Å². The number of hydrogen-bond donors (Lipinski definition) is 1. The van der Waals surface area contributed by atoms with Crippen LogP contribution in [0.5, 0.6) is 0 Å². The first-order valence-electron chi connectivity index (χ1n) is 9.08. The SMILES string of the molecule is CC(C)(O)c1cccn2c(C3(c4nc(-c5ccccc5)cs4)CC3)nnc12. The first-order valence-corrected chi connectivity index (χ1v) is 9.95. The topological polar surface area (TPSA) is 63.3 Å². The van der Waals surface area contributed by atoms with Crippen LogP contribution < -0.4 is 0 Å². The quantitative estimate of drug-likeness (QED) is 0.581. The van der Waals surface area contributed by atoms with Gasteiger partial charge in [0.05, 0.1) is 16.7 Å². The zero-order valence-corrected chi connectivity index (χ0v) is 16.1. The number of benzene rings is 1. The third-order valence-electron chi connectivity index (χ3n) is 5.26. The average Bonchev–Trinajstić information content (AvgIpc) is 3.12. The summed E-state index contributed by atoms with van der Waals surface area (Å²) in [6.45, 7) is 3.55. The molecule has 1 aliphatic carbocycles. The van der Waals surface area contributed by atoms with Gasteiger partial charge < -0.3 is 5.11 Å².